The van der Waals surface area contributed by atoms with Crippen LogP contribution < -0.4 is 5.73 Å². The highest BCUT2D eigenvalue weighted by Gasteiger charge is 2.33. The van der Waals surface area contributed by atoms with E-state index in [4.69, 9.17) is 5.73 Å². The van der Waals surface area contributed by atoms with Crippen LogP contribution in [-0.2, 0) is 9.84 Å². The Kier molecular flexibility index (Phi) is 3.20. The summed E-state index contributed by atoms with van der Waals surface area (Å²) in [6.07, 6.45) is 3.54. The number of nitrogens with one attached hydrogen (secondary N) is 1. The van der Waals surface area contributed by atoms with Crippen molar-refractivity contribution in [2.45, 2.75) is 43.0 Å². The van der Waals surface area contributed by atoms with Crippen molar-refractivity contribution in [3.63, 3.8) is 0 Å². The van der Waals surface area contributed by atoms with Gasteiger partial charge in [0, 0.05) is 5.69 Å². The fourth-order valence-electron chi connectivity index (χ4n) is 2.96. The molecule has 0 amide bonds. The highest BCUT2D eigenvalue weighted by molar-refractivity contribution is 7.91. The molecule has 1 aliphatic carbocycles. The molecule has 108 valence electrons. The van der Waals surface area contributed by atoms with Gasteiger partial charge in [-0.05, 0) is 37.0 Å². The van der Waals surface area contributed by atoms with Gasteiger partial charge in [0.05, 0.1) is 16.3 Å². The van der Waals surface area contributed by atoms with Crippen molar-refractivity contribution in [3.05, 3.63) is 18.2 Å². The number of H-pyrrole nitrogens is 1. The van der Waals surface area contributed by atoms with Crippen LogP contribution in [0.2, 0.25) is 0 Å². The van der Waals surface area contributed by atoms with Gasteiger partial charge in [0.25, 0.3) is 0 Å². The molecule has 20 heavy (non-hydrogen) atoms. The van der Waals surface area contributed by atoms with E-state index in [-0.39, 0.29) is 10.4 Å². The van der Waals surface area contributed by atoms with E-state index in [0.717, 1.165) is 25.7 Å². The van der Waals surface area contributed by atoms with Gasteiger partial charge >= 0.3 is 0 Å². The van der Waals surface area contributed by atoms with Crippen LogP contribution in [0.25, 0.3) is 11.0 Å². The van der Waals surface area contributed by atoms with Crippen molar-refractivity contribution in [3.8, 4) is 0 Å². The van der Waals surface area contributed by atoms with Crippen molar-refractivity contribution in [2.75, 3.05) is 5.73 Å². The number of aromatic nitrogens is 2. The molecule has 2 atom stereocenters. The summed E-state index contributed by atoms with van der Waals surface area (Å²) in [5.41, 5.74) is 7.61. The Labute approximate surface area is 118 Å². The van der Waals surface area contributed by atoms with Crippen LogP contribution in [0.4, 0.5) is 5.69 Å². The number of nitrogens with two attached hydrogens (primary N) is 1. The molecule has 2 aromatic rings. The first-order chi connectivity index (χ1) is 9.46. The topological polar surface area (TPSA) is 88.8 Å². The minimum absolute atomic E-state index is 0.0807. The van der Waals surface area contributed by atoms with E-state index in [1.54, 1.807) is 18.2 Å². The summed E-state index contributed by atoms with van der Waals surface area (Å²) in [6.45, 7) is 2.11. The molecule has 3 rings (SSSR count). The predicted octanol–water partition coefficient (Wildman–Crippen LogP) is 2.50. The first-order valence-electron chi connectivity index (χ1n) is 6.96. The second-order valence-electron chi connectivity index (χ2n) is 5.76. The third-order valence-electron chi connectivity index (χ3n) is 4.08. The van der Waals surface area contributed by atoms with Gasteiger partial charge in [-0.3, -0.25) is 0 Å². The molecular formula is C14H19N3O2S. The monoisotopic (exact) mass is 293 g/mol. The van der Waals surface area contributed by atoms with Gasteiger partial charge in [0.1, 0.15) is 0 Å². The number of hydrogen-bond donors (Lipinski definition) is 2. The van der Waals surface area contributed by atoms with Crippen LogP contribution in [0.3, 0.4) is 0 Å². The first-order valence-corrected chi connectivity index (χ1v) is 8.50. The predicted molar refractivity (Wildman–Crippen MR) is 79.1 cm³/mol. The van der Waals surface area contributed by atoms with Crippen molar-refractivity contribution in [1.82, 2.24) is 9.97 Å². The van der Waals surface area contributed by atoms with Crippen molar-refractivity contribution in [2.24, 2.45) is 5.92 Å². The SMILES string of the molecule is CC1CCCC(S(=O)(=O)c2nc3ccc(N)cc3[nH]2)C1. The number of fused-ring (bicyclic) bond motifs is 1. The van der Waals surface area contributed by atoms with E-state index < -0.39 is 9.84 Å². The lowest BCUT2D eigenvalue weighted by molar-refractivity contribution is 0.381. The minimum atomic E-state index is -3.38. The number of imidazole rings is 1. The number of nitrogens with zero attached hydrogens (tertiary/aromatic N) is 1. The van der Waals surface area contributed by atoms with E-state index in [1.807, 2.05) is 0 Å². The Morgan fingerprint density at radius 3 is 2.90 bits per heavy atom. The summed E-state index contributed by atoms with van der Waals surface area (Å²) in [5.74, 6) is 0.462. The molecule has 0 aliphatic heterocycles. The van der Waals surface area contributed by atoms with E-state index in [9.17, 15) is 8.42 Å². The van der Waals surface area contributed by atoms with Gasteiger partial charge in [-0.1, -0.05) is 19.8 Å². The number of anilines is 1. The maximum Gasteiger partial charge on any atom is 0.226 e. The number of rotatable bonds is 2. The van der Waals surface area contributed by atoms with Crippen molar-refractivity contribution in [1.29, 1.82) is 0 Å². The van der Waals surface area contributed by atoms with E-state index in [0.29, 0.717) is 22.6 Å². The normalized spacial score (nSPS) is 24.1. The molecule has 1 saturated carbocycles. The Balaban J connectivity index is 2.00. The Morgan fingerprint density at radius 2 is 2.15 bits per heavy atom. The van der Waals surface area contributed by atoms with Crippen molar-refractivity contribution < 1.29 is 8.42 Å². The quantitative estimate of drug-likeness (QED) is 0.833. The molecule has 0 saturated heterocycles. The summed E-state index contributed by atoms with van der Waals surface area (Å²) in [6, 6.07) is 5.18. The molecule has 6 heteroatoms. The van der Waals surface area contributed by atoms with Gasteiger partial charge < -0.3 is 10.7 Å². The first kappa shape index (κ1) is 13.4. The second kappa shape index (κ2) is 4.77. The molecule has 0 spiro atoms. The van der Waals surface area contributed by atoms with E-state index in [1.165, 1.54) is 0 Å². The standard InChI is InChI=1S/C14H19N3O2S/c1-9-3-2-4-11(7-9)20(18,19)14-16-12-6-5-10(15)8-13(12)17-14/h5-6,8-9,11H,2-4,7,15H2,1H3,(H,16,17). The molecule has 3 N–H and O–H groups in total. The molecule has 1 aromatic heterocycles. The van der Waals surface area contributed by atoms with Crippen LogP contribution in [0.15, 0.2) is 23.4 Å². The zero-order chi connectivity index (χ0) is 14.3. The second-order valence-corrected chi connectivity index (χ2v) is 7.90. The zero-order valence-electron chi connectivity index (χ0n) is 11.5. The number of nitrogen functional groups attached to an aromatic ring is 1. The van der Waals surface area contributed by atoms with Crippen LogP contribution in [0.5, 0.6) is 0 Å². The molecule has 5 nitrogen and oxygen atoms in total. The number of hydrogen-bond acceptors (Lipinski definition) is 4. The van der Waals surface area contributed by atoms with Crippen LogP contribution in [0.1, 0.15) is 32.6 Å². The maximum absolute atomic E-state index is 12.7. The number of aromatic amines is 1. The average Bonchev–Trinajstić information content (AvgIpc) is 2.82. The van der Waals surface area contributed by atoms with E-state index >= 15 is 0 Å². The molecule has 0 bridgehead atoms. The molecule has 1 heterocycles. The smallest absolute Gasteiger partial charge is 0.226 e. The number of benzene rings is 1. The van der Waals surface area contributed by atoms with Gasteiger partial charge in [-0.25, -0.2) is 13.4 Å². The largest absolute Gasteiger partial charge is 0.399 e. The van der Waals surface area contributed by atoms with Crippen LogP contribution >= 0.6 is 0 Å². The van der Waals surface area contributed by atoms with E-state index in [2.05, 4.69) is 16.9 Å². The molecule has 1 aromatic carbocycles. The lowest BCUT2D eigenvalue weighted by atomic mass is 9.91. The zero-order valence-corrected chi connectivity index (χ0v) is 12.3. The summed E-state index contributed by atoms with van der Waals surface area (Å²) in [5, 5.41) is -0.235. The van der Waals surface area contributed by atoms with Gasteiger partial charge in [0.15, 0.2) is 0 Å². The summed E-state index contributed by atoms with van der Waals surface area (Å²) in [4.78, 5) is 7.14. The van der Waals surface area contributed by atoms with Crippen LogP contribution in [-0.4, -0.2) is 23.6 Å². The highest BCUT2D eigenvalue weighted by atomic mass is 32.2. The molecule has 1 aliphatic rings. The fraction of sp³-hybridized carbons (Fsp3) is 0.500. The average molecular weight is 293 g/mol. The Morgan fingerprint density at radius 1 is 1.35 bits per heavy atom. The summed E-state index contributed by atoms with van der Waals surface area (Å²) in [7, 11) is -3.38. The molecule has 2 unspecified atom stereocenters. The molecule has 1 fully saturated rings. The number of sulfone groups is 1. The third-order valence-corrected chi connectivity index (χ3v) is 6.12. The van der Waals surface area contributed by atoms with Gasteiger partial charge in [-0.2, -0.15) is 0 Å². The Hall–Kier alpha value is -1.56. The van der Waals surface area contributed by atoms with Gasteiger partial charge in [0.2, 0.25) is 15.0 Å². The van der Waals surface area contributed by atoms with Crippen molar-refractivity contribution >= 4 is 26.6 Å². The highest BCUT2D eigenvalue weighted by Crippen LogP contribution is 2.31. The fourth-order valence-corrected chi connectivity index (χ4v) is 4.81. The third kappa shape index (κ3) is 2.28. The van der Waals surface area contributed by atoms with Gasteiger partial charge in [-0.15, -0.1) is 0 Å². The summed E-state index contributed by atoms with van der Waals surface area (Å²) >= 11 is 0. The summed E-state index contributed by atoms with van der Waals surface area (Å²) < 4.78 is 25.3. The lowest BCUT2D eigenvalue weighted by Crippen LogP contribution is -2.28. The molecule has 0 radical (unpaired) electrons. The minimum Gasteiger partial charge on any atom is -0.399 e. The lowest BCUT2D eigenvalue weighted by Gasteiger charge is -2.25. The molecular weight excluding hydrogens is 274 g/mol. The Bertz CT molecular complexity index is 736. The maximum atomic E-state index is 12.7. The van der Waals surface area contributed by atoms with Crippen LogP contribution in [0, 0.1) is 5.92 Å².